The third kappa shape index (κ3) is 9.47. The van der Waals surface area contributed by atoms with Crippen LogP contribution in [-0.2, 0) is 19.2 Å². The van der Waals surface area contributed by atoms with E-state index in [0.717, 1.165) is 0 Å². The van der Waals surface area contributed by atoms with Crippen molar-refractivity contribution in [3.8, 4) is 0 Å². The number of fused-ring (bicyclic) bond motifs is 2. The number of amides is 12. The lowest BCUT2D eigenvalue weighted by atomic mass is 10.1. The van der Waals surface area contributed by atoms with Crippen LogP contribution >= 0.6 is 0 Å². The topological polar surface area (TPSA) is 257 Å². The van der Waals surface area contributed by atoms with Crippen molar-refractivity contribution in [3.63, 3.8) is 0 Å². The second-order valence-corrected chi connectivity index (χ2v) is 8.41. The number of urea groups is 4. The van der Waals surface area contributed by atoms with Crippen molar-refractivity contribution in [2.45, 2.75) is 25.7 Å². The maximum Gasteiger partial charge on any atom is 0.322 e. The van der Waals surface area contributed by atoms with Crippen LogP contribution in [0.25, 0.3) is 0 Å². The van der Waals surface area contributed by atoms with Gasteiger partial charge < -0.3 is 42.5 Å². The Morgan fingerprint density at radius 3 is 0.800 bits per heavy atom. The lowest BCUT2D eigenvalue weighted by molar-refractivity contribution is -0.117. The van der Waals surface area contributed by atoms with E-state index in [9.17, 15) is 38.4 Å². The van der Waals surface area contributed by atoms with Gasteiger partial charge in [0.2, 0.25) is 23.6 Å². The van der Waals surface area contributed by atoms with Gasteiger partial charge in [-0.05, 0) is 12.1 Å². The molecule has 0 aliphatic carbocycles. The van der Waals surface area contributed by atoms with Crippen molar-refractivity contribution in [1.82, 2.24) is 31.9 Å². The predicted octanol–water partition coefficient (Wildman–Crippen LogP) is -0.954. The summed E-state index contributed by atoms with van der Waals surface area (Å²) in [7, 11) is 0. The van der Waals surface area contributed by atoms with Crippen LogP contribution in [0.1, 0.15) is 25.7 Å². The number of imide groups is 2. The number of anilines is 4. The van der Waals surface area contributed by atoms with E-state index in [1.54, 1.807) is 0 Å². The fourth-order valence-corrected chi connectivity index (χ4v) is 3.41. The van der Waals surface area contributed by atoms with Crippen molar-refractivity contribution < 1.29 is 38.4 Å². The summed E-state index contributed by atoms with van der Waals surface area (Å²) < 4.78 is 0. The van der Waals surface area contributed by atoms with Crippen molar-refractivity contribution in [2.24, 2.45) is 0 Å². The lowest BCUT2D eigenvalue weighted by Crippen LogP contribution is -2.45. The number of hydrogen-bond acceptors (Lipinski definition) is 8. The van der Waals surface area contributed by atoms with Crippen LogP contribution in [0.5, 0.6) is 0 Å². The van der Waals surface area contributed by atoms with E-state index in [4.69, 9.17) is 0 Å². The Labute approximate surface area is 226 Å². The van der Waals surface area contributed by atoms with Crippen LogP contribution in [-0.4, -0.2) is 73.9 Å². The Morgan fingerprint density at radius 1 is 0.350 bits per heavy atom. The minimum atomic E-state index is -0.836. The number of nitrogens with one attached hydrogen (secondary N) is 10. The predicted molar refractivity (Wildman–Crippen MR) is 139 cm³/mol. The summed E-state index contributed by atoms with van der Waals surface area (Å²) in [5.74, 6) is -2.30. The van der Waals surface area contributed by atoms with Gasteiger partial charge in [0.05, 0.1) is 22.7 Å². The van der Waals surface area contributed by atoms with E-state index >= 15 is 0 Å². The Bertz CT molecular complexity index is 1050. The highest BCUT2D eigenvalue weighted by Crippen LogP contribution is 2.34. The molecule has 0 saturated carbocycles. The third-order valence-corrected chi connectivity index (χ3v) is 5.26. The Kier molecular flexibility index (Phi) is 10.1. The summed E-state index contributed by atoms with van der Waals surface area (Å²) in [6.45, 7) is -0.494. The maximum atomic E-state index is 12.6. The summed E-state index contributed by atoms with van der Waals surface area (Å²) >= 11 is 0. The molecule has 12 amide bonds. The molecule has 0 spiro atoms. The molecule has 0 bridgehead atoms. The molecule has 0 saturated heterocycles. The van der Waals surface area contributed by atoms with E-state index in [1.807, 2.05) is 10.6 Å². The number of carbonyl (C=O) groups excluding carboxylic acids is 8. The summed E-state index contributed by atoms with van der Waals surface area (Å²) in [5.41, 5.74) is 0.269. The number of rotatable bonds is 0. The first kappa shape index (κ1) is 29.1. The maximum absolute atomic E-state index is 12.6. The molecule has 1 aromatic rings. The molecular formula is C22H28N10O8. The molecule has 0 atom stereocenters. The van der Waals surface area contributed by atoms with Gasteiger partial charge in [-0.2, -0.15) is 0 Å². The fraction of sp³-hybridized carbons (Fsp3) is 0.364. The van der Waals surface area contributed by atoms with Gasteiger partial charge in [-0.1, -0.05) is 0 Å². The molecule has 214 valence electrons. The molecule has 2 heterocycles. The fourth-order valence-electron chi connectivity index (χ4n) is 3.41. The molecule has 18 nitrogen and oxygen atoms in total. The van der Waals surface area contributed by atoms with Crippen LogP contribution in [0.3, 0.4) is 0 Å². The van der Waals surface area contributed by atoms with Crippen molar-refractivity contribution >= 4 is 70.5 Å². The minimum absolute atomic E-state index is 0.0673. The second kappa shape index (κ2) is 13.9. The molecule has 0 fully saturated rings. The molecule has 10 N–H and O–H groups in total. The summed E-state index contributed by atoms with van der Waals surface area (Å²) in [5, 5.41) is 23.7. The quantitative estimate of drug-likeness (QED) is 0.189. The SMILES string of the molecule is O=C1CCNC(=O)NC(=O)NCCC(=O)Nc2cc3c(cc2N1)NC(=O)CCNC(=O)NC(=O)NCCC(=O)N3. The molecule has 0 radical (unpaired) electrons. The second-order valence-electron chi connectivity index (χ2n) is 8.41. The van der Waals surface area contributed by atoms with Crippen LogP contribution in [0.15, 0.2) is 12.1 Å². The summed E-state index contributed by atoms with van der Waals surface area (Å²) in [4.78, 5) is 97.3. The van der Waals surface area contributed by atoms with Crippen LogP contribution in [0.4, 0.5) is 41.9 Å². The molecule has 1 aromatic carbocycles. The van der Waals surface area contributed by atoms with Gasteiger partial charge in [-0.3, -0.25) is 29.8 Å². The largest absolute Gasteiger partial charge is 0.337 e. The van der Waals surface area contributed by atoms with E-state index in [0.29, 0.717) is 0 Å². The molecule has 2 aliphatic heterocycles. The Morgan fingerprint density at radius 2 is 0.575 bits per heavy atom. The van der Waals surface area contributed by atoms with Gasteiger partial charge in [0.1, 0.15) is 0 Å². The Balaban J connectivity index is 1.93. The third-order valence-electron chi connectivity index (χ3n) is 5.26. The van der Waals surface area contributed by atoms with E-state index in [1.165, 1.54) is 12.1 Å². The molecule has 0 aromatic heterocycles. The highest BCUT2D eigenvalue weighted by Gasteiger charge is 2.19. The average molecular weight is 561 g/mol. The first-order valence-corrected chi connectivity index (χ1v) is 12.1. The average Bonchev–Trinajstić information content (AvgIpc) is 2.85. The zero-order valence-electron chi connectivity index (χ0n) is 21.1. The summed E-state index contributed by atoms with van der Waals surface area (Å²) in [6.07, 6.45) is -0.825. The van der Waals surface area contributed by atoms with E-state index in [2.05, 4.69) is 42.5 Å². The van der Waals surface area contributed by atoms with Crippen LogP contribution < -0.4 is 53.2 Å². The molecule has 18 heteroatoms. The van der Waals surface area contributed by atoms with Gasteiger partial charge in [0.15, 0.2) is 0 Å². The lowest BCUT2D eigenvalue weighted by Gasteiger charge is -2.19. The zero-order chi connectivity index (χ0) is 29.1. The van der Waals surface area contributed by atoms with Gasteiger partial charge >= 0.3 is 24.1 Å². The van der Waals surface area contributed by atoms with Crippen LogP contribution in [0, 0.1) is 0 Å². The number of benzene rings is 1. The Hall–Kier alpha value is -5.42. The molecule has 3 rings (SSSR count). The van der Waals surface area contributed by atoms with E-state index in [-0.39, 0.29) is 74.6 Å². The first-order chi connectivity index (χ1) is 19.1. The number of carbonyl (C=O) groups is 8. The van der Waals surface area contributed by atoms with Gasteiger partial charge in [0, 0.05) is 51.9 Å². The monoisotopic (exact) mass is 560 g/mol. The van der Waals surface area contributed by atoms with Crippen molar-refractivity contribution in [3.05, 3.63) is 12.1 Å². The van der Waals surface area contributed by atoms with Gasteiger partial charge in [-0.25, -0.2) is 19.2 Å². The van der Waals surface area contributed by atoms with Crippen molar-refractivity contribution in [1.29, 1.82) is 0 Å². The zero-order valence-corrected chi connectivity index (χ0v) is 21.1. The molecular weight excluding hydrogens is 532 g/mol. The van der Waals surface area contributed by atoms with Crippen LogP contribution in [0.2, 0.25) is 0 Å². The molecule has 40 heavy (non-hydrogen) atoms. The van der Waals surface area contributed by atoms with E-state index < -0.39 is 47.8 Å². The highest BCUT2D eigenvalue weighted by atomic mass is 16.2. The summed E-state index contributed by atoms with van der Waals surface area (Å²) in [6, 6.07) is -0.702. The minimum Gasteiger partial charge on any atom is -0.337 e. The first-order valence-electron chi connectivity index (χ1n) is 12.1. The van der Waals surface area contributed by atoms with Gasteiger partial charge in [0.25, 0.3) is 0 Å². The smallest absolute Gasteiger partial charge is 0.322 e. The standard InChI is InChI=1S/C22H28N10O8/c33-15-1-5-23-19(37)31-20(38)24-6-2-16(34)28-12-10-14-13(9-11(12)27-15)29-17(35)3-7-25-21(39)32-22(40)26-8-4-18(36)30-14/h9-10H,1-8H2,(H,27,33)(H,28,34)(H,29,35)(H,30,36)(H3,23,24,31,37,38)(H3,25,26,32,39,40). The highest BCUT2D eigenvalue weighted by molar-refractivity contribution is 6.07. The number of hydrogen-bond donors (Lipinski definition) is 10. The van der Waals surface area contributed by atoms with Crippen molar-refractivity contribution in [2.75, 3.05) is 47.4 Å². The van der Waals surface area contributed by atoms with Gasteiger partial charge in [-0.15, -0.1) is 0 Å². The molecule has 2 aliphatic rings. The molecule has 0 unspecified atom stereocenters. The normalized spacial score (nSPS) is 18.6.